The summed E-state index contributed by atoms with van der Waals surface area (Å²) >= 11 is 0. The lowest BCUT2D eigenvalue weighted by molar-refractivity contribution is 0.430. The van der Waals surface area contributed by atoms with Gasteiger partial charge in [-0.1, -0.05) is 29.4 Å². The quantitative estimate of drug-likeness (QED) is 0.608. The van der Waals surface area contributed by atoms with Crippen molar-refractivity contribution in [1.29, 1.82) is 0 Å². The van der Waals surface area contributed by atoms with Crippen LogP contribution in [0, 0.1) is 0 Å². The van der Waals surface area contributed by atoms with Crippen LogP contribution in [0.3, 0.4) is 0 Å². The van der Waals surface area contributed by atoms with Gasteiger partial charge in [0.05, 0.1) is 5.52 Å². The van der Waals surface area contributed by atoms with E-state index < -0.39 is 11.2 Å². The smallest absolute Gasteiger partial charge is 0.328 e. The van der Waals surface area contributed by atoms with Gasteiger partial charge in [-0.05, 0) is 26.0 Å². The van der Waals surface area contributed by atoms with Crippen LogP contribution in [0.5, 0.6) is 0 Å². The number of benzene rings is 1. The molecule has 0 saturated carbocycles. The van der Waals surface area contributed by atoms with Gasteiger partial charge in [-0.25, -0.2) is 9.78 Å². The molecule has 1 N–H and O–H groups in total. The van der Waals surface area contributed by atoms with Crippen LogP contribution in [-0.2, 0) is 0 Å². The van der Waals surface area contributed by atoms with Crippen LogP contribution < -0.4 is 11.2 Å². The first-order valence-electron chi connectivity index (χ1n) is 8.08. The Balaban J connectivity index is 1.79. The summed E-state index contributed by atoms with van der Waals surface area (Å²) in [6.07, 6.45) is 1.43. The standard InChI is InChI=1S/C18H15N5O3/c1-10(2)23-9-12(16(24)21-18(23)25)17-20-15(22-26-17)14-8-7-11-5-3-4-6-13(11)19-14/h3-10H,1-2H3,(H,21,24,25). The van der Waals surface area contributed by atoms with Gasteiger partial charge in [-0.3, -0.25) is 14.3 Å². The van der Waals surface area contributed by atoms with Gasteiger partial charge < -0.3 is 4.52 Å². The van der Waals surface area contributed by atoms with Crippen LogP contribution in [0.25, 0.3) is 33.9 Å². The van der Waals surface area contributed by atoms with E-state index >= 15 is 0 Å². The number of H-pyrrole nitrogens is 1. The van der Waals surface area contributed by atoms with Gasteiger partial charge in [0.2, 0.25) is 5.82 Å². The first-order valence-corrected chi connectivity index (χ1v) is 8.08. The summed E-state index contributed by atoms with van der Waals surface area (Å²) in [5, 5.41) is 4.92. The molecule has 3 aromatic heterocycles. The Morgan fingerprint density at radius 3 is 2.69 bits per heavy atom. The molecule has 0 fully saturated rings. The molecular weight excluding hydrogens is 334 g/mol. The minimum Gasteiger partial charge on any atom is -0.333 e. The monoisotopic (exact) mass is 349 g/mol. The summed E-state index contributed by atoms with van der Waals surface area (Å²) < 4.78 is 6.63. The molecular formula is C18H15N5O3. The highest BCUT2D eigenvalue weighted by atomic mass is 16.5. The topological polar surface area (TPSA) is 107 Å². The molecule has 26 heavy (non-hydrogen) atoms. The van der Waals surface area contributed by atoms with E-state index in [0.717, 1.165) is 10.9 Å². The Hall–Kier alpha value is -3.55. The number of hydrogen-bond acceptors (Lipinski definition) is 6. The molecule has 3 heterocycles. The van der Waals surface area contributed by atoms with E-state index in [2.05, 4.69) is 20.1 Å². The SMILES string of the molecule is CC(C)n1cc(-c2nc(-c3ccc4ccccc4n3)no2)c(=O)[nH]c1=O. The van der Waals surface area contributed by atoms with Crippen molar-refractivity contribution in [2.45, 2.75) is 19.9 Å². The maximum atomic E-state index is 12.1. The summed E-state index contributed by atoms with van der Waals surface area (Å²) in [4.78, 5) is 35.0. The highest BCUT2D eigenvalue weighted by Crippen LogP contribution is 2.21. The summed E-state index contributed by atoms with van der Waals surface area (Å²) in [7, 11) is 0. The second-order valence-corrected chi connectivity index (χ2v) is 6.12. The second-order valence-electron chi connectivity index (χ2n) is 6.12. The van der Waals surface area contributed by atoms with Gasteiger partial charge in [0.25, 0.3) is 11.4 Å². The molecule has 0 unspecified atom stereocenters. The van der Waals surface area contributed by atoms with Gasteiger partial charge >= 0.3 is 5.69 Å². The number of aromatic nitrogens is 5. The zero-order valence-electron chi connectivity index (χ0n) is 14.1. The number of pyridine rings is 1. The van der Waals surface area contributed by atoms with Crippen LogP contribution in [0.2, 0.25) is 0 Å². The minimum atomic E-state index is -0.575. The summed E-state index contributed by atoms with van der Waals surface area (Å²) in [6, 6.07) is 11.3. The molecule has 8 nitrogen and oxygen atoms in total. The van der Waals surface area contributed by atoms with Gasteiger partial charge in [-0.15, -0.1) is 0 Å². The van der Waals surface area contributed by atoms with Crippen molar-refractivity contribution < 1.29 is 4.52 Å². The average Bonchev–Trinajstić information content (AvgIpc) is 3.11. The van der Waals surface area contributed by atoms with E-state index in [1.54, 1.807) is 6.07 Å². The fourth-order valence-electron chi connectivity index (χ4n) is 2.65. The molecule has 0 amide bonds. The molecule has 1 aromatic carbocycles. The lowest BCUT2D eigenvalue weighted by atomic mass is 10.2. The molecule has 0 aliphatic rings. The van der Waals surface area contributed by atoms with E-state index in [9.17, 15) is 9.59 Å². The maximum absolute atomic E-state index is 12.1. The van der Waals surface area contributed by atoms with Crippen LogP contribution in [0.15, 0.2) is 56.7 Å². The average molecular weight is 349 g/mol. The first-order chi connectivity index (χ1) is 12.5. The predicted molar refractivity (Wildman–Crippen MR) is 95.7 cm³/mol. The summed E-state index contributed by atoms with van der Waals surface area (Å²) in [5.41, 5.74) is 0.422. The molecule has 0 spiro atoms. The summed E-state index contributed by atoms with van der Waals surface area (Å²) in [6.45, 7) is 3.67. The van der Waals surface area contributed by atoms with Crippen molar-refractivity contribution in [3.8, 4) is 23.0 Å². The van der Waals surface area contributed by atoms with Crippen molar-refractivity contribution in [1.82, 2.24) is 24.7 Å². The Bertz CT molecular complexity index is 1220. The molecule has 8 heteroatoms. The van der Waals surface area contributed by atoms with Crippen LogP contribution >= 0.6 is 0 Å². The molecule has 4 aromatic rings. The van der Waals surface area contributed by atoms with E-state index in [0.29, 0.717) is 5.69 Å². The highest BCUT2D eigenvalue weighted by Gasteiger charge is 2.17. The minimum absolute atomic E-state index is 0.0330. The Labute approximate surface area is 147 Å². The predicted octanol–water partition coefficient (Wildman–Crippen LogP) is 2.38. The first kappa shape index (κ1) is 15.9. The largest absolute Gasteiger partial charge is 0.333 e. The van der Waals surface area contributed by atoms with Crippen molar-refractivity contribution >= 4 is 10.9 Å². The van der Waals surface area contributed by atoms with E-state index in [4.69, 9.17) is 4.52 Å². The molecule has 130 valence electrons. The molecule has 0 aliphatic carbocycles. The maximum Gasteiger partial charge on any atom is 0.328 e. The Morgan fingerprint density at radius 2 is 1.88 bits per heavy atom. The highest BCUT2D eigenvalue weighted by molar-refractivity contribution is 5.80. The van der Waals surface area contributed by atoms with Crippen molar-refractivity contribution in [3.05, 3.63) is 63.4 Å². The van der Waals surface area contributed by atoms with Gasteiger partial charge in [0.15, 0.2) is 0 Å². The number of para-hydroxylation sites is 1. The van der Waals surface area contributed by atoms with Crippen molar-refractivity contribution in [2.75, 3.05) is 0 Å². The van der Waals surface area contributed by atoms with Gasteiger partial charge in [0.1, 0.15) is 11.3 Å². The molecule has 0 radical (unpaired) electrons. The number of fused-ring (bicyclic) bond motifs is 1. The Morgan fingerprint density at radius 1 is 1.08 bits per heavy atom. The lowest BCUT2D eigenvalue weighted by Crippen LogP contribution is -2.31. The number of aromatic amines is 1. The van der Waals surface area contributed by atoms with E-state index in [-0.39, 0.29) is 23.3 Å². The second kappa shape index (κ2) is 6.07. The van der Waals surface area contributed by atoms with Gasteiger partial charge in [0, 0.05) is 17.6 Å². The van der Waals surface area contributed by atoms with E-state index in [1.807, 2.05) is 44.2 Å². The molecule has 0 atom stereocenters. The molecule has 4 rings (SSSR count). The zero-order chi connectivity index (χ0) is 18.3. The van der Waals surface area contributed by atoms with Crippen LogP contribution in [-0.4, -0.2) is 24.7 Å². The van der Waals surface area contributed by atoms with Crippen molar-refractivity contribution in [2.24, 2.45) is 0 Å². The molecule has 0 saturated heterocycles. The number of nitrogens with one attached hydrogen (secondary N) is 1. The van der Waals surface area contributed by atoms with Crippen LogP contribution in [0.1, 0.15) is 19.9 Å². The lowest BCUT2D eigenvalue weighted by Gasteiger charge is -2.08. The van der Waals surface area contributed by atoms with Crippen molar-refractivity contribution in [3.63, 3.8) is 0 Å². The normalized spacial score (nSPS) is 11.3. The third kappa shape index (κ3) is 2.71. The third-order valence-electron chi connectivity index (χ3n) is 4.01. The van der Waals surface area contributed by atoms with Crippen LogP contribution in [0.4, 0.5) is 0 Å². The third-order valence-corrected chi connectivity index (χ3v) is 4.01. The zero-order valence-corrected chi connectivity index (χ0v) is 14.1. The Kier molecular flexibility index (Phi) is 3.72. The summed E-state index contributed by atoms with van der Waals surface area (Å²) in [5.74, 6) is 0.304. The molecule has 0 bridgehead atoms. The van der Waals surface area contributed by atoms with Gasteiger partial charge in [-0.2, -0.15) is 4.98 Å². The molecule has 0 aliphatic heterocycles. The number of rotatable bonds is 3. The number of nitrogens with zero attached hydrogens (tertiary/aromatic N) is 4. The number of hydrogen-bond donors (Lipinski definition) is 1. The fraction of sp³-hybridized carbons (Fsp3) is 0.167. The van der Waals surface area contributed by atoms with E-state index in [1.165, 1.54) is 10.8 Å². The fourth-order valence-corrected chi connectivity index (χ4v) is 2.65.